The van der Waals surface area contributed by atoms with E-state index in [-0.39, 0.29) is 6.17 Å². The third-order valence-corrected chi connectivity index (χ3v) is 1.84. The zero-order chi connectivity index (χ0) is 6.85. The van der Waals surface area contributed by atoms with Gasteiger partial charge in [-0.25, -0.2) is 11.5 Å². The number of hydrogen-bond donors (Lipinski definition) is 0. The van der Waals surface area contributed by atoms with Gasteiger partial charge in [0.25, 0.3) is 6.17 Å². The van der Waals surface area contributed by atoms with Gasteiger partial charge < -0.3 is 0 Å². The van der Waals surface area contributed by atoms with E-state index in [2.05, 4.69) is 23.6 Å². The molecule has 1 aliphatic rings. The van der Waals surface area contributed by atoms with Crippen LogP contribution in [-0.2, 0) is 0 Å². The van der Waals surface area contributed by atoms with Gasteiger partial charge in [-0.3, -0.25) is 4.85 Å². The first-order valence-electron chi connectivity index (χ1n) is 3.38. The zero-order valence-electron chi connectivity index (χ0n) is 5.96. The van der Waals surface area contributed by atoms with Crippen molar-refractivity contribution < 1.29 is 0 Å². The molecule has 9 heavy (non-hydrogen) atoms. The van der Waals surface area contributed by atoms with E-state index in [1.54, 1.807) is 0 Å². The molecule has 2 heteroatoms. The van der Waals surface area contributed by atoms with Crippen molar-refractivity contribution in [1.82, 2.24) is 4.90 Å². The molecule has 1 saturated heterocycles. The molecule has 0 bridgehead atoms. The van der Waals surface area contributed by atoms with Gasteiger partial charge in [-0.15, -0.1) is 0 Å². The molecule has 0 aromatic heterocycles. The van der Waals surface area contributed by atoms with Crippen molar-refractivity contribution >= 4 is 0 Å². The molecule has 1 rings (SSSR count). The van der Waals surface area contributed by atoms with Crippen LogP contribution in [0.2, 0.25) is 0 Å². The summed E-state index contributed by atoms with van der Waals surface area (Å²) in [5.74, 6) is 0. The Morgan fingerprint density at radius 2 is 2.33 bits per heavy atom. The maximum absolute atomic E-state index is 6.77. The smallest absolute Gasteiger partial charge is 0.281 e. The molecule has 1 heterocycles. The quantitative estimate of drug-likeness (QED) is 0.479. The van der Waals surface area contributed by atoms with Gasteiger partial charge in [-0.05, 0) is 13.8 Å². The second kappa shape index (κ2) is 2.36. The summed E-state index contributed by atoms with van der Waals surface area (Å²) in [6.07, 6.45) is 1.27. The standard InChI is InChI=1S/C7H12N2/c1-6(2)9-5-4-7(9)8-3/h6-7H,4-5H2,1-2H3. The van der Waals surface area contributed by atoms with Gasteiger partial charge in [0, 0.05) is 12.6 Å². The van der Waals surface area contributed by atoms with E-state index in [4.69, 9.17) is 6.57 Å². The SMILES string of the molecule is [C-]#[N+]C1CCN1C(C)C. The highest BCUT2D eigenvalue weighted by Crippen LogP contribution is 2.20. The van der Waals surface area contributed by atoms with Crippen LogP contribution in [0.25, 0.3) is 4.85 Å². The van der Waals surface area contributed by atoms with E-state index < -0.39 is 0 Å². The zero-order valence-corrected chi connectivity index (χ0v) is 5.96. The van der Waals surface area contributed by atoms with Crippen molar-refractivity contribution in [2.24, 2.45) is 0 Å². The Kier molecular flexibility index (Phi) is 1.73. The summed E-state index contributed by atoms with van der Waals surface area (Å²) in [6, 6.07) is 0.554. The molecule has 1 aliphatic heterocycles. The fraction of sp³-hybridized carbons (Fsp3) is 0.857. The highest BCUT2D eigenvalue weighted by molar-refractivity contribution is 4.90. The minimum atomic E-state index is 0.199. The van der Waals surface area contributed by atoms with Crippen LogP contribution in [0.1, 0.15) is 20.3 Å². The summed E-state index contributed by atoms with van der Waals surface area (Å²) >= 11 is 0. The lowest BCUT2D eigenvalue weighted by Crippen LogP contribution is -2.49. The molecule has 0 amide bonds. The third kappa shape index (κ3) is 1.06. The molecule has 1 fully saturated rings. The van der Waals surface area contributed by atoms with Gasteiger partial charge in [-0.2, -0.15) is 0 Å². The van der Waals surface area contributed by atoms with Crippen LogP contribution in [0, 0.1) is 6.57 Å². The highest BCUT2D eigenvalue weighted by atomic mass is 15.3. The van der Waals surface area contributed by atoms with Gasteiger partial charge in [-0.1, -0.05) is 0 Å². The minimum absolute atomic E-state index is 0.199. The second-order valence-corrected chi connectivity index (χ2v) is 2.73. The first-order chi connectivity index (χ1) is 4.25. The van der Waals surface area contributed by atoms with Gasteiger partial charge in [0.15, 0.2) is 0 Å². The molecule has 0 spiro atoms. The summed E-state index contributed by atoms with van der Waals surface area (Å²) in [5, 5.41) is 0. The first kappa shape index (κ1) is 6.57. The van der Waals surface area contributed by atoms with E-state index in [1.165, 1.54) is 0 Å². The van der Waals surface area contributed by atoms with Crippen LogP contribution in [0.15, 0.2) is 0 Å². The maximum Gasteiger partial charge on any atom is 0.281 e. The number of hydrogen-bond acceptors (Lipinski definition) is 1. The van der Waals surface area contributed by atoms with E-state index >= 15 is 0 Å². The first-order valence-corrected chi connectivity index (χ1v) is 3.38. The van der Waals surface area contributed by atoms with Crippen molar-refractivity contribution in [2.45, 2.75) is 32.5 Å². The Balaban J connectivity index is 2.38. The summed E-state index contributed by atoms with van der Waals surface area (Å²) in [6.45, 7) is 12.2. The molecule has 2 nitrogen and oxygen atoms in total. The van der Waals surface area contributed by atoms with Crippen molar-refractivity contribution in [3.63, 3.8) is 0 Å². The summed E-state index contributed by atoms with van der Waals surface area (Å²) in [5.41, 5.74) is 0. The second-order valence-electron chi connectivity index (χ2n) is 2.73. The molecule has 0 aromatic carbocycles. The van der Waals surface area contributed by atoms with Gasteiger partial charge in [0.05, 0.1) is 6.42 Å². The molecule has 0 radical (unpaired) electrons. The van der Waals surface area contributed by atoms with Crippen LogP contribution < -0.4 is 0 Å². The van der Waals surface area contributed by atoms with Crippen LogP contribution in [0.4, 0.5) is 0 Å². The Bertz CT molecular complexity index is 134. The predicted octanol–water partition coefficient (Wildman–Crippen LogP) is 1.35. The van der Waals surface area contributed by atoms with Gasteiger partial charge in [0.2, 0.25) is 0 Å². The Hall–Kier alpha value is -0.550. The molecule has 50 valence electrons. The molecular formula is C7H12N2. The van der Waals surface area contributed by atoms with Crippen molar-refractivity contribution in [3.8, 4) is 0 Å². The molecule has 1 atom stereocenters. The fourth-order valence-electron chi connectivity index (χ4n) is 1.13. The summed E-state index contributed by atoms with van der Waals surface area (Å²) < 4.78 is 0. The van der Waals surface area contributed by atoms with E-state index in [0.29, 0.717) is 6.04 Å². The van der Waals surface area contributed by atoms with Crippen LogP contribution in [-0.4, -0.2) is 23.7 Å². The monoisotopic (exact) mass is 124 g/mol. The van der Waals surface area contributed by atoms with Gasteiger partial charge in [0.1, 0.15) is 0 Å². The topological polar surface area (TPSA) is 7.60 Å². The van der Waals surface area contributed by atoms with E-state index in [0.717, 1.165) is 13.0 Å². The Morgan fingerprint density at radius 3 is 2.44 bits per heavy atom. The predicted molar refractivity (Wildman–Crippen MR) is 36.8 cm³/mol. The lowest BCUT2D eigenvalue weighted by molar-refractivity contribution is 0.0863. The average molecular weight is 124 g/mol. The lowest BCUT2D eigenvalue weighted by Gasteiger charge is -2.34. The molecule has 0 N–H and O–H groups in total. The largest absolute Gasteiger partial charge is 0.296 e. The van der Waals surface area contributed by atoms with Crippen molar-refractivity contribution in [2.75, 3.05) is 6.54 Å². The Labute approximate surface area is 56.3 Å². The lowest BCUT2D eigenvalue weighted by atomic mass is 10.1. The number of nitrogens with zero attached hydrogens (tertiary/aromatic N) is 2. The average Bonchev–Trinajstić information content (AvgIpc) is 1.61. The van der Waals surface area contributed by atoms with Crippen LogP contribution in [0.5, 0.6) is 0 Å². The van der Waals surface area contributed by atoms with Crippen molar-refractivity contribution in [3.05, 3.63) is 11.4 Å². The highest BCUT2D eigenvalue weighted by Gasteiger charge is 2.34. The minimum Gasteiger partial charge on any atom is -0.296 e. The molecule has 1 unspecified atom stereocenters. The molecule has 0 aliphatic carbocycles. The number of likely N-dealkylation sites (tertiary alicyclic amines) is 1. The van der Waals surface area contributed by atoms with Gasteiger partial charge >= 0.3 is 0 Å². The molecule has 0 aromatic rings. The third-order valence-electron chi connectivity index (χ3n) is 1.84. The normalized spacial score (nSPS) is 27.6. The number of rotatable bonds is 1. The summed E-state index contributed by atoms with van der Waals surface area (Å²) in [4.78, 5) is 5.69. The molecular weight excluding hydrogens is 112 g/mol. The Morgan fingerprint density at radius 1 is 1.67 bits per heavy atom. The van der Waals surface area contributed by atoms with E-state index in [9.17, 15) is 0 Å². The van der Waals surface area contributed by atoms with Crippen molar-refractivity contribution in [1.29, 1.82) is 0 Å². The maximum atomic E-state index is 6.77. The molecule has 0 saturated carbocycles. The van der Waals surface area contributed by atoms with Crippen LogP contribution in [0.3, 0.4) is 0 Å². The summed E-state index contributed by atoms with van der Waals surface area (Å²) in [7, 11) is 0. The van der Waals surface area contributed by atoms with Crippen LogP contribution >= 0.6 is 0 Å². The van der Waals surface area contributed by atoms with E-state index in [1.807, 2.05) is 0 Å². The fourth-order valence-corrected chi connectivity index (χ4v) is 1.13.